The Morgan fingerprint density at radius 1 is 1.09 bits per heavy atom. The van der Waals surface area contributed by atoms with Gasteiger partial charge in [0.15, 0.2) is 5.78 Å². The highest BCUT2D eigenvalue weighted by molar-refractivity contribution is 6.03. The van der Waals surface area contributed by atoms with Crippen molar-refractivity contribution in [1.29, 1.82) is 0 Å². The fourth-order valence-electron chi connectivity index (χ4n) is 3.12. The van der Waals surface area contributed by atoms with Crippen LogP contribution in [0.5, 0.6) is 0 Å². The summed E-state index contributed by atoms with van der Waals surface area (Å²) in [7, 11) is 2.02. The van der Waals surface area contributed by atoms with Crippen LogP contribution < -0.4 is 0 Å². The molecule has 0 aromatic heterocycles. The van der Waals surface area contributed by atoms with Gasteiger partial charge in [0.1, 0.15) is 5.82 Å². The zero-order valence-electron chi connectivity index (χ0n) is 12.8. The third kappa shape index (κ3) is 1.75. The fourth-order valence-corrected chi connectivity index (χ4v) is 3.12. The summed E-state index contributed by atoms with van der Waals surface area (Å²) in [6.07, 6.45) is 0. The first-order valence-electron chi connectivity index (χ1n) is 7.35. The lowest BCUT2D eigenvalue weighted by Crippen LogP contribution is -2.01. The van der Waals surface area contributed by atoms with Crippen molar-refractivity contribution >= 4 is 27.6 Å². The number of aryl methyl sites for hydroxylation is 2. The largest absolute Gasteiger partial charge is 0.328 e. The number of aromatic nitrogens is 2. The molecule has 0 aliphatic carbocycles. The van der Waals surface area contributed by atoms with E-state index in [9.17, 15) is 4.79 Å². The van der Waals surface area contributed by atoms with Crippen molar-refractivity contribution in [1.82, 2.24) is 9.55 Å². The van der Waals surface area contributed by atoms with Gasteiger partial charge in [-0.2, -0.15) is 0 Å². The average molecular weight is 288 g/mol. The van der Waals surface area contributed by atoms with Crippen LogP contribution in [0.2, 0.25) is 0 Å². The minimum atomic E-state index is 0.0887. The average Bonchev–Trinajstić information content (AvgIpc) is 2.84. The first-order chi connectivity index (χ1) is 10.5. The highest BCUT2D eigenvalue weighted by Gasteiger charge is 2.16. The molecule has 0 unspecified atom stereocenters. The summed E-state index contributed by atoms with van der Waals surface area (Å²) >= 11 is 0. The van der Waals surface area contributed by atoms with E-state index in [0.717, 1.165) is 38.8 Å². The molecule has 0 radical (unpaired) electrons. The van der Waals surface area contributed by atoms with Crippen molar-refractivity contribution in [3.63, 3.8) is 0 Å². The van der Waals surface area contributed by atoms with Crippen LogP contribution in [0.1, 0.15) is 22.8 Å². The number of benzene rings is 2. The van der Waals surface area contributed by atoms with Crippen LogP contribution in [0, 0.1) is 6.92 Å². The molecule has 0 fully saturated rings. The summed E-state index contributed by atoms with van der Waals surface area (Å²) in [4.78, 5) is 16.4. The Bertz CT molecular complexity index is 1030. The molecule has 2 aliphatic heterocycles. The standard InChI is InChI=1S/C19H16N2O/c1-11-4-6-15-16-10-14-9-13(12(2)22)5-7-18(14)21(3)19(16)20-17(15)8-11/h4-10H,1-3H3. The quantitative estimate of drug-likeness (QED) is 0.488. The third-order valence-corrected chi connectivity index (χ3v) is 4.32. The summed E-state index contributed by atoms with van der Waals surface area (Å²) in [5.41, 5.74) is 5.18. The van der Waals surface area contributed by atoms with Crippen LogP contribution in [0.15, 0.2) is 42.5 Å². The first kappa shape index (κ1) is 13.0. The van der Waals surface area contributed by atoms with E-state index in [1.807, 2.05) is 25.2 Å². The number of nitrogens with zero attached hydrogens (tertiary/aromatic N) is 2. The molecule has 3 heteroatoms. The van der Waals surface area contributed by atoms with Crippen molar-refractivity contribution in [3.05, 3.63) is 53.6 Å². The van der Waals surface area contributed by atoms with E-state index in [2.05, 4.69) is 35.8 Å². The second-order valence-corrected chi connectivity index (χ2v) is 5.90. The van der Waals surface area contributed by atoms with Gasteiger partial charge in [-0.05, 0) is 55.1 Å². The molecule has 0 amide bonds. The molecule has 3 nitrogen and oxygen atoms in total. The van der Waals surface area contributed by atoms with E-state index >= 15 is 0 Å². The second-order valence-electron chi connectivity index (χ2n) is 5.90. The molecule has 2 heterocycles. The van der Waals surface area contributed by atoms with Crippen molar-refractivity contribution in [2.45, 2.75) is 13.8 Å². The summed E-state index contributed by atoms with van der Waals surface area (Å²) in [6, 6.07) is 14.3. The minimum Gasteiger partial charge on any atom is -0.328 e. The van der Waals surface area contributed by atoms with E-state index in [-0.39, 0.29) is 5.78 Å². The topological polar surface area (TPSA) is 34.9 Å². The molecule has 2 aromatic carbocycles. The molecule has 22 heavy (non-hydrogen) atoms. The van der Waals surface area contributed by atoms with Crippen LogP contribution >= 0.6 is 0 Å². The number of hydrogen-bond acceptors (Lipinski definition) is 2. The van der Waals surface area contributed by atoms with Crippen LogP contribution in [0.4, 0.5) is 0 Å². The van der Waals surface area contributed by atoms with Gasteiger partial charge in [0.2, 0.25) is 0 Å². The van der Waals surface area contributed by atoms with Crippen LogP contribution in [-0.4, -0.2) is 15.3 Å². The Hall–Kier alpha value is -2.68. The molecule has 4 rings (SSSR count). The fraction of sp³-hybridized carbons (Fsp3) is 0.158. The predicted molar refractivity (Wildman–Crippen MR) is 89.6 cm³/mol. The maximum absolute atomic E-state index is 11.6. The molecular weight excluding hydrogens is 272 g/mol. The van der Waals surface area contributed by atoms with Crippen molar-refractivity contribution in [2.75, 3.05) is 0 Å². The predicted octanol–water partition coefficient (Wildman–Crippen LogP) is 4.34. The first-order valence-corrected chi connectivity index (χ1v) is 7.35. The van der Waals surface area contributed by atoms with Gasteiger partial charge in [0.05, 0.1) is 5.52 Å². The lowest BCUT2D eigenvalue weighted by Gasteiger charge is -2.12. The highest BCUT2D eigenvalue weighted by Crippen LogP contribution is 2.34. The number of carbonyl (C=O) groups is 1. The Balaban J connectivity index is 2.15. The lowest BCUT2D eigenvalue weighted by molar-refractivity contribution is 0.101. The number of pyridine rings is 1. The Morgan fingerprint density at radius 2 is 1.91 bits per heavy atom. The summed E-state index contributed by atoms with van der Waals surface area (Å²) in [5.74, 6) is 1.06. The summed E-state index contributed by atoms with van der Waals surface area (Å²) in [5, 5.41) is 2.23. The third-order valence-electron chi connectivity index (χ3n) is 4.32. The van der Waals surface area contributed by atoms with Gasteiger partial charge in [0, 0.05) is 29.1 Å². The maximum atomic E-state index is 11.6. The van der Waals surface area contributed by atoms with Gasteiger partial charge in [0.25, 0.3) is 0 Å². The summed E-state index contributed by atoms with van der Waals surface area (Å²) < 4.78 is 2.10. The Labute approximate surface area is 128 Å². The zero-order chi connectivity index (χ0) is 15.4. The Morgan fingerprint density at radius 3 is 2.68 bits per heavy atom. The normalized spacial score (nSPS) is 11.6. The monoisotopic (exact) mass is 288 g/mol. The summed E-state index contributed by atoms with van der Waals surface area (Å²) in [6.45, 7) is 3.68. The Kier molecular flexibility index (Phi) is 2.61. The number of ketones is 1. The van der Waals surface area contributed by atoms with Gasteiger partial charge in [-0.1, -0.05) is 12.1 Å². The molecule has 0 atom stereocenters. The molecule has 0 saturated heterocycles. The minimum absolute atomic E-state index is 0.0887. The SMILES string of the molecule is CC(=O)c1ccc2c(c1)cc1c3ccc(C)cc3nc-1n2C. The van der Waals surface area contributed by atoms with Crippen molar-refractivity contribution in [3.8, 4) is 11.4 Å². The molecule has 0 saturated carbocycles. The molecule has 0 bridgehead atoms. The van der Waals surface area contributed by atoms with Crippen LogP contribution in [0.3, 0.4) is 0 Å². The van der Waals surface area contributed by atoms with Crippen LogP contribution in [0.25, 0.3) is 33.2 Å². The smallest absolute Gasteiger partial charge is 0.159 e. The van der Waals surface area contributed by atoms with E-state index < -0.39 is 0 Å². The van der Waals surface area contributed by atoms with Gasteiger partial charge in [-0.15, -0.1) is 0 Å². The van der Waals surface area contributed by atoms with Gasteiger partial charge < -0.3 is 4.57 Å². The molecule has 2 aliphatic rings. The van der Waals surface area contributed by atoms with Crippen LogP contribution in [-0.2, 0) is 7.05 Å². The van der Waals surface area contributed by atoms with Gasteiger partial charge >= 0.3 is 0 Å². The lowest BCUT2D eigenvalue weighted by atomic mass is 10.0. The number of hydrogen-bond donors (Lipinski definition) is 0. The molecule has 108 valence electrons. The van der Waals surface area contributed by atoms with Crippen molar-refractivity contribution in [2.24, 2.45) is 7.05 Å². The van der Waals surface area contributed by atoms with Crippen molar-refractivity contribution < 1.29 is 4.79 Å². The number of Topliss-reactive ketones (excluding diaryl/α,β-unsaturated/α-hetero) is 1. The molecule has 2 aromatic rings. The highest BCUT2D eigenvalue weighted by atomic mass is 16.1. The molecular formula is C19H16N2O. The van der Waals surface area contributed by atoms with E-state index in [4.69, 9.17) is 4.98 Å². The van der Waals surface area contributed by atoms with Gasteiger partial charge in [-0.25, -0.2) is 4.98 Å². The zero-order valence-corrected chi connectivity index (χ0v) is 12.8. The number of carbonyl (C=O) groups excluding carboxylic acids is 1. The van der Waals surface area contributed by atoms with E-state index in [0.29, 0.717) is 0 Å². The maximum Gasteiger partial charge on any atom is 0.159 e. The number of rotatable bonds is 1. The van der Waals surface area contributed by atoms with E-state index in [1.165, 1.54) is 5.56 Å². The van der Waals surface area contributed by atoms with Gasteiger partial charge in [-0.3, -0.25) is 4.79 Å². The second kappa shape index (κ2) is 4.41. The molecule has 0 N–H and O–H groups in total. The van der Waals surface area contributed by atoms with E-state index in [1.54, 1.807) is 6.92 Å². The number of fused-ring (bicyclic) bond motifs is 4. The molecule has 0 spiro atoms.